The van der Waals surface area contributed by atoms with Gasteiger partial charge in [0, 0.05) is 5.33 Å². The van der Waals surface area contributed by atoms with E-state index >= 15 is 0 Å². The lowest BCUT2D eigenvalue weighted by molar-refractivity contribution is -0.137. The summed E-state index contributed by atoms with van der Waals surface area (Å²) < 4.78 is 60.6. The number of hydrogen-bond donors (Lipinski definition) is 0. The second kappa shape index (κ2) is 6.28. The summed E-state index contributed by atoms with van der Waals surface area (Å²) in [5.74, 6) is 0.605. The molecule has 118 valence electrons. The van der Waals surface area contributed by atoms with Gasteiger partial charge in [0.25, 0.3) is 0 Å². The molecule has 2 atom stereocenters. The zero-order valence-electron chi connectivity index (χ0n) is 11.2. The molecule has 0 bridgehead atoms. The third-order valence-electron chi connectivity index (χ3n) is 3.91. The normalized spacial score (nSPS) is 23.1. The lowest BCUT2D eigenvalue weighted by Crippen LogP contribution is -2.20. The molecule has 0 saturated carbocycles. The van der Waals surface area contributed by atoms with Gasteiger partial charge < -0.3 is 0 Å². The molecule has 1 aromatic carbocycles. The highest BCUT2D eigenvalue weighted by Crippen LogP contribution is 2.32. The molecule has 1 saturated heterocycles. The molecule has 2 rings (SSSR count). The molecular weight excluding hydrogens is 369 g/mol. The fourth-order valence-electron chi connectivity index (χ4n) is 2.68. The summed E-state index contributed by atoms with van der Waals surface area (Å²) in [7, 11) is -2.94. The van der Waals surface area contributed by atoms with E-state index in [1.54, 1.807) is 0 Å². The minimum Gasteiger partial charge on any atom is -0.229 e. The van der Waals surface area contributed by atoms with Crippen molar-refractivity contribution in [3.63, 3.8) is 0 Å². The van der Waals surface area contributed by atoms with Crippen LogP contribution in [0.25, 0.3) is 0 Å². The average molecular weight is 385 g/mol. The molecule has 0 N–H and O–H groups in total. The summed E-state index contributed by atoms with van der Waals surface area (Å²) in [6.07, 6.45) is -3.10. The van der Waals surface area contributed by atoms with Crippen LogP contribution in [-0.4, -0.2) is 25.3 Å². The Hall–Kier alpha value is -0.560. The Bertz CT molecular complexity index is 581. The molecule has 0 radical (unpaired) electrons. The van der Waals surface area contributed by atoms with Gasteiger partial charge in [0.15, 0.2) is 9.84 Å². The van der Waals surface area contributed by atoms with Crippen LogP contribution < -0.4 is 0 Å². The summed E-state index contributed by atoms with van der Waals surface area (Å²) >= 11 is 3.39. The number of halogens is 4. The van der Waals surface area contributed by atoms with E-state index in [1.807, 2.05) is 0 Å². The zero-order chi connectivity index (χ0) is 15.7. The van der Waals surface area contributed by atoms with Crippen LogP contribution in [0.15, 0.2) is 24.3 Å². The molecule has 0 aromatic heterocycles. The quantitative estimate of drug-likeness (QED) is 0.741. The lowest BCUT2D eigenvalue weighted by atomic mass is 9.88. The van der Waals surface area contributed by atoms with Crippen molar-refractivity contribution in [3.05, 3.63) is 35.4 Å². The van der Waals surface area contributed by atoms with E-state index in [-0.39, 0.29) is 23.3 Å². The van der Waals surface area contributed by atoms with Crippen molar-refractivity contribution in [3.8, 4) is 0 Å². The first-order valence-electron chi connectivity index (χ1n) is 6.64. The maximum Gasteiger partial charge on any atom is 0.416 e. The van der Waals surface area contributed by atoms with Gasteiger partial charge in [-0.2, -0.15) is 13.2 Å². The summed E-state index contributed by atoms with van der Waals surface area (Å²) in [4.78, 5) is 0. The van der Waals surface area contributed by atoms with Crippen LogP contribution in [0.5, 0.6) is 0 Å². The van der Waals surface area contributed by atoms with Gasteiger partial charge in [-0.1, -0.05) is 28.1 Å². The topological polar surface area (TPSA) is 34.1 Å². The first kappa shape index (κ1) is 16.8. The standard InChI is InChI=1S/C14H16BrF3O2S/c15-8-12(11-5-6-21(19,20)9-11)7-10-1-3-13(4-2-10)14(16,17)18/h1-4,11-12H,5-9H2. The van der Waals surface area contributed by atoms with Crippen molar-refractivity contribution in [2.75, 3.05) is 16.8 Å². The molecule has 1 fully saturated rings. The van der Waals surface area contributed by atoms with E-state index in [1.165, 1.54) is 12.1 Å². The fraction of sp³-hybridized carbons (Fsp3) is 0.571. The van der Waals surface area contributed by atoms with E-state index in [9.17, 15) is 21.6 Å². The van der Waals surface area contributed by atoms with Crippen LogP contribution in [-0.2, 0) is 22.4 Å². The molecule has 21 heavy (non-hydrogen) atoms. The summed E-state index contributed by atoms with van der Waals surface area (Å²) in [5.41, 5.74) is 0.141. The van der Waals surface area contributed by atoms with Crippen LogP contribution in [0.4, 0.5) is 13.2 Å². The van der Waals surface area contributed by atoms with Crippen LogP contribution in [0, 0.1) is 11.8 Å². The largest absolute Gasteiger partial charge is 0.416 e. The molecule has 2 nitrogen and oxygen atoms in total. The molecular formula is C14H16BrF3O2S. The third kappa shape index (κ3) is 4.45. The van der Waals surface area contributed by atoms with Crippen molar-refractivity contribution in [1.29, 1.82) is 0 Å². The van der Waals surface area contributed by atoms with E-state index in [2.05, 4.69) is 15.9 Å². The van der Waals surface area contributed by atoms with Crippen LogP contribution in [0.3, 0.4) is 0 Å². The second-order valence-electron chi connectivity index (χ2n) is 5.48. The molecule has 1 heterocycles. The summed E-state index contributed by atoms with van der Waals surface area (Å²) in [6.45, 7) is 0. The van der Waals surface area contributed by atoms with Crippen LogP contribution in [0.2, 0.25) is 0 Å². The minimum absolute atomic E-state index is 0.0802. The number of alkyl halides is 4. The molecule has 0 spiro atoms. The SMILES string of the molecule is O=S1(=O)CCC(C(CBr)Cc2ccc(C(F)(F)F)cc2)C1. The molecule has 0 aliphatic carbocycles. The van der Waals surface area contributed by atoms with Gasteiger partial charge in [-0.25, -0.2) is 8.42 Å². The van der Waals surface area contributed by atoms with Crippen molar-refractivity contribution in [2.45, 2.75) is 19.0 Å². The van der Waals surface area contributed by atoms with Gasteiger partial charge >= 0.3 is 6.18 Å². The predicted molar refractivity (Wildman–Crippen MR) is 79.2 cm³/mol. The lowest BCUT2D eigenvalue weighted by Gasteiger charge is -2.20. The molecule has 1 aliphatic heterocycles. The van der Waals surface area contributed by atoms with E-state index in [0.29, 0.717) is 18.2 Å². The predicted octanol–water partition coefficient (Wildman–Crippen LogP) is 3.69. The highest BCUT2D eigenvalue weighted by molar-refractivity contribution is 9.09. The van der Waals surface area contributed by atoms with Gasteiger partial charge in [0.05, 0.1) is 17.1 Å². The number of sulfone groups is 1. The Balaban J connectivity index is 2.06. The van der Waals surface area contributed by atoms with E-state index in [0.717, 1.165) is 17.7 Å². The molecule has 0 amide bonds. The second-order valence-corrected chi connectivity index (χ2v) is 8.35. The van der Waals surface area contributed by atoms with Crippen molar-refractivity contribution >= 4 is 25.8 Å². The van der Waals surface area contributed by atoms with Gasteiger partial charge in [0.1, 0.15) is 0 Å². The molecule has 1 aliphatic rings. The van der Waals surface area contributed by atoms with Crippen LogP contribution in [0.1, 0.15) is 17.5 Å². The Morgan fingerprint density at radius 3 is 2.29 bits per heavy atom. The van der Waals surface area contributed by atoms with E-state index in [4.69, 9.17) is 0 Å². The number of hydrogen-bond acceptors (Lipinski definition) is 2. The Morgan fingerprint density at radius 1 is 1.24 bits per heavy atom. The monoisotopic (exact) mass is 384 g/mol. The zero-order valence-corrected chi connectivity index (χ0v) is 13.6. The van der Waals surface area contributed by atoms with Gasteiger partial charge in [0.2, 0.25) is 0 Å². The number of rotatable bonds is 4. The average Bonchev–Trinajstić information content (AvgIpc) is 2.75. The minimum atomic E-state index is -4.33. The van der Waals surface area contributed by atoms with Crippen LogP contribution >= 0.6 is 15.9 Å². The van der Waals surface area contributed by atoms with Crippen molar-refractivity contribution in [2.24, 2.45) is 11.8 Å². The maximum absolute atomic E-state index is 12.5. The highest BCUT2D eigenvalue weighted by atomic mass is 79.9. The van der Waals surface area contributed by atoms with E-state index < -0.39 is 21.6 Å². The third-order valence-corrected chi connectivity index (χ3v) is 6.54. The van der Waals surface area contributed by atoms with Gasteiger partial charge in [-0.15, -0.1) is 0 Å². The molecule has 2 unspecified atom stereocenters. The summed E-state index contributed by atoms with van der Waals surface area (Å²) in [5, 5.41) is 0.647. The Kier molecular flexibility index (Phi) is 5.03. The van der Waals surface area contributed by atoms with Crippen molar-refractivity contribution < 1.29 is 21.6 Å². The summed E-state index contributed by atoms with van der Waals surface area (Å²) in [6, 6.07) is 5.10. The molecule has 1 aromatic rings. The maximum atomic E-state index is 12.5. The highest BCUT2D eigenvalue weighted by Gasteiger charge is 2.33. The Morgan fingerprint density at radius 2 is 1.86 bits per heavy atom. The van der Waals surface area contributed by atoms with Gasteiger partial charge in [-0.3, -0.25) is 0 Å². The fourth-order valence-corrected chi connectivity index (χ4v) is 5.35. The van der Waals surface area contributed by atoms with Crippen molar-refractivity contribution in [1.82, 2.24) is 0 Å². The number of benzene rings is 1. The molecule has 7 heteroatoms. The first-order valence-corrected chi connectivity index (χ1v) is 9.58. The smallest absolute Gasteiger partial charge is 0.229 e. The van der Waals surface area contributed by atoms with Gasteiger partial charge in [-0.05, 0) is 42.4 Å². The first-order chi connectivity index (χ1) is 9.71. The Labute approximate surface area is 130 Å².